The van der Waals surface area contributed by atoms with E-state index in [9.17, 15) is 22.8 Å². The number of sulfone groups is 1. The molecule has 2 aromatic carbocycles. The number of ether oxygens (including phenoxy) is 1. The second-order valence-corrected chi connectivity index (χ2v) is 9.80. The van der Waals surface area contributed by atoms with E-state index in [1.54, 1.807) is 24.3 Å². The Morgan fingerprint density at radius 2 is 1.58 bits per heavy atom. The van der Waals surface area contributed by atoms with Crippen molar-refractivity contribution in [3.8, 4) is 0 Å². The molecule has 31 heavy (non-hydrogen) atoms. The monoisotopic (exact) mass is 445 g/mol. The minimum absolute atomic E-state index is 0.108. The summed E-state index contributed by atoms with van der Waals surface area (Å²) in [5.41, 5.74) is 1.82. The van der Waals surface area contributed by atoms with Gasteiger partial charge in [0.25, 0.3) is 0 Å². The first-order valence-electron chi connectivity index (χ1n) is 9.95. The van der Waals surface area contributed by atoms with Crippen molar-refractivity contribution in [3.05, 3.63) is 59.7 Å². The second kappa shape index (κ2) is 10.9. The van der Waals surface area contributed by atoms with Gasteiger partial charge in [0.05, 0.1) is 17.1 Å². The fourth-order valence-electron chi connectivity index (χ4n) is 2.70. The summed E-state index contributed by atoms with van der Waals surface area (Å²) < 4.78 is 29.5. The van der Waals surface area contributed by atoms with Gasteiger partial charge in [-0.3, -0.25) is 14.4 Å². The lowest BCUT2D eigenvalue weighted by Gasteiger charge is -2.08. The summed E-state index contributed by atoms with van der Waals surface area (Å²) in [5.74, 6) is -1.45. The van der Waals surface area contributed by atoms with Crippen molar-refractivity contribution < 1.29 is 27.5 Å². The Morgan fingerprint density at radius 3 is 2.16 bits per heavy atom. The van der Waals surface area contributed by atoms with E-state index in [0.717, 1.165) is 5.56 Å². The minimum Gasteiger partial charge on any atom is -0.457 e. The highest BCUT2D eigenvalue weighted by atomic mass is 32.2. The second-order valence-electron chi connectivity index (χ2n) is 7.69. The number of esters is 1. The van der Waals surface area contributed by atoms with Crippen molar-refractivity contribution in [2.75, 3.05) is 17.7 Å². The van der Waals surface area contributed by atoms with E-state index in [1.807, 2.05) is 20.8 Å². The fraction of sp³-hybridized carbons (Fsp3) is 0.348. The summed E-state index contributed by atoms with van der Waals surface area (Å²) in [6.45, 7) is 5.25. The predicted octanol–water partition coefficient (Wildman–Crippen LogP) is 3.57. The van der Waals surface area contributed by atoms with E-state index in [-0.39, 0.29) is 23.1 Å². The van der Waals surface area contributed by atoms with Crippen LogP contribution in [0.3, 0.4) is 0 Å². The molecule has 8 heteroatoms. The Balaban J connectivity index is 1.81. The molecule has 1 N–H and O–H groups in total. The molecule has 0 spiro atoms. The van der Waals surface area contributed by atoms with E-state index in [1.165, 1.54) is 24.3 Å². The highest BCUT2D eigenvalue weighted by Gasteiger charge is 2.18. The third-order valence-corrected chi connectivity index (χ3v) is 6.14. The predicted molar refractivity (Wildman–Crippen MR) is 118 cm³/mol. The molecule has 2 rings (SSSR count). The van der Waals surface area contributed by atoms with E-state index in [2.05, 4.69) is 5.32 Å². The van der Waals surface area contributed by atoms with Gasteiger partial charge in [-0.1, -0.05) is 31.5 Å². The Bertz CT molecular complexity index is 1020. The van der Waals surface area contributed by atoms with Crippen molar-refractivity contribution in [2.24, 2.45) is 5.92 Å². The number of Topliss-reactive ketones (excluding diaryl/α,β-unsaturated/α-hetero) is 1. The zero-order valence-corrected chi connectivity index (χ0v) is 18.7. The molecule has 0 heterocycles. The largest absolute Gasteiger partial charge is 0.457 e. The Hall–Kier alpha value is -3.00. The third kappa shape index (κ3) is 7.97. The molecule has 0 aliphatic heterocycles. The SMILES string of the molecule is Cc1ccc(S(=O)(=O)CCC(=O)OCC(=O)c2ccc(NC(=O)CC(C)C)cc2)cc1. The summed E-state index contributed by atoms with van der Waals surface area (Å²) in [6, 6.07) is 12.6. The molecule has 2 aromatic rings. The van der Waals surface area contributed by atoms with Crippen molar-refractivity contribution in [1.82, 2.24) is 0 Å². The van der Waals surface area contributed by atoms with E-state index in [0.29, 0.717) is 17.7 Å². The quantitative estimate of drug-likeness (QED) is 0.443. The molecule has 0 aliphatic carbocycles. The zero-order valence-electron chi connectivity index (χ0n) is 17.9. The third-order valence-electron chi connectivity index (χ3n) is 4.40. The van der Waals surface area contributed by atoms with Crippen LogP contribution in [0.25, 0.3) is 0 Å². The molecule has 1 amide bonds. The number of hydrogen-bond donors (Lipinski definition) is 1. The average Bonchev–Trinajstić information content (AvgIpc) is 2.70. The van der Waals surface area contributed by atoms with Gasteiger partial charge in [0.15, 0.2) is 22.2 Å². The van der Waals surface area contributed by atoms with Gasteiger partial charge in [-0.2, -0.15) is 0 Å². The molecule has 0 aliphatic rings. The van der Waals surface area contributed by atoms with Gasteiger partial charge in [-0.25, -0.2) is 8.42 Å². The summed E-state index contributed by atoms with van der Waals surface area (Å²) >= 11 is 0. The van der Waals surface area contributed by atoms with Gasteiger partial charge in [0, 0.05) is 17.7 Å². The van der Waals surface area contributed by atoms with Crippen LogP contribution in [0.15, 0.2) is 53.4 Å². The van der Waals surface area contributed by atoms with Crippen LogP contribution in [-0.2, 0) is 24.2 Å². The maximum absolute atomic E-state index is 12.3. The summed E-state index contributed by atoms with van der Waals surface area (Å²) in [4.78, 5) is 36.0. The van der Waals surface area contributed by atoms with Crippen molar-refractivity contribution in [3.63, 3.8) is 0 Å². The van der Waals surface area contributed by atoms with E-state index in [4.69, 9.17) is 4.74 Å². The number of hydrogen-bond acceptors (Lipinski definition) is 6. The summed E-state index contributed by atoms with van der Waals surface area (Å²) in [7, 11) is -3.61. The molecular formula is C23H27NO6S. The molecule has 0 aromatic heterocycles. The lowest BCUT2D eigenvalue weighted by molar-refractivity contribution is -0.142. The first kappa shape index (κ1) is 24.3. The normalized spacial score (nSPS) is 11.2. The Kier molecular flexibility index (Phi) is 8.50. The summed E-state index contributed by atoms with van der Waals surface area (Å²) in [6.07, 6.45) is 0.0561. The van der Waals surface area contributed by atoms with Gasteiger partial charge in [0.1, 0.15) is 0 Å². The Morgan fingerprint density at radius 1 is 0.968 bits per heavy atom. The van der Waals surface area contributed by atoms with Crippen LogP contribution in [0.2, 0.25) is 0 Å². The Labute approximate surface area is 182 Å². The number of carbonyl (C=O) groups excluding carboxylic acids is 3. The molecule has 0 saturated carbocycles. The number of amides is 1. The molecule has 166 valence electrons. The molecule has 0 fully saturated rings. The van der Waals surface area contributed by atoms with Crippen LogP contribution in [0.4, 0.5) is 5.69 Å². The van der Waals surface area contributed by atoms with Gasteiger partial charge in [-0.05, 0) is 49.2 Å². The molecular weight excluding hydrogens is 418 g/mol. The lowest BCUT2D eigenvalue weighted by atomic mass is 10.1. The van der Waals surface area contributed by atoms with Gasteiger partial charge in [0.2, 0.25) is 5.91 Å². The van der Waals surface area contributed by atoms with Crippen LogP contribution in [-0.4, -0.2) is 38.4 Å². The molecule has 0 radical (unpaired) electrons. The van der Waals surface area contributed by atoms with Gasteiger partial charge < -0.3 is 10.1 Å². The van der Waals surface area contributed by atoms with Crippen molar-refractivity contribution in [2.45, 2.75) is 38.5 Å². The number of anilines is 1. The average molecular weight is 446 g/mol. The minimum atomic E-state index is -3.61. The number of carbonyl (C=O) groups is 3. The first-order valence-corrected chi connectivity index (χ1v) is 11.6. The maximum atomic E-state index is 12.3. The molecule has 0 bridgehead atoms. The molecule has 0 saturated heterocycles. The van der Waals surface area contributed by atoms with Crippen LogP contribution < -0.4 is 5.32 Å². The number of rotatable bonds is 10. The lowest BCUT2D eigenvalue weighted by Crippen LogP contribution is -2.18. The zero-order chi connectivity index (χ0) is 23.0. The smallest absolute Gasteiger partial charge is 0.307 e. The number of benzene rings is 2. The van der Waals surface area contributed by atoms with Crippen LogP contribution in [0.1, 0.15) is 42.6 Å². The van der Waals surface area contributed by atoms with Gasteiger partial charge >= 0.3 is 5.97 Å². The molecule has 0 atom stereocenters. The van der Waals surface area contributed by atoms with Crippen LogP contribution in [0, 0.1) is 12.8 Å². The standard InChI is InChI=1S/C23H27NO6S/c1-16(2)14-22(26)24-19-8-6-18(7-9-19)21(25)15-30-23(27)12-13-31(28,29)20-10-4-17(3)5-11-20/h4-11,16H,12-15H2,1-3H3,(H,24,26). The molecule has 7 nitrogen and oxygen atoms in total. The van der Waals surface area contributed by atoms with Crippen molar-refractivity contribution >= 4 is 33.2 Å². The van der Waals surface area contributed by atoms with E-state index < -0.39 is 33.9 Å². The first-order chi connectivity index (χ1) is 14.6. The number of nitrogens with one attached hydrogen (secondary N) is 1. The van der Waals surface area contributed by atoms with Crippen molar-refractivity contribution in [1.29, 1.82) is 0 Å². The topological polar surface area (TPSA) is 107 Å². The fourth-order valence-corrected chi connectivity index (χ4v) is 3.93. The van der Waals surface area contributed by atoms with Gasteiger partial charge in [-0.15, -0.1) is 0 Å². The summed E-state index contributed by atoms with van der Waals surface area (Å²) in [5, 5.41) is 2.74. The van der Waals surface area contributed by atoms with E-state index >= 15 is 0 Å². The highest BCUT2D eigenvalue weighted by Crippen LogP contribution is 2.14. The number of aryl methyl sites for hydroxylation is 1. The molecule has 0 unspecified atom stereocenters. The van der Waals surface area contributed by atoms with Crippen LogP contribution >= 0.6 is 0 Å². The maximum Gasteiger partial charge on any atom is 0.307 e. The van der Waals surface area contributed by atoms with Crippen LogP contribution in [0.5, 0.6) is 0 Å². The number of ketones is 1. The highest BCUT2D eigenvalue weighted by molar-refractivity contribution is 7.91.